The number of nitrogens with one attached hydrogen (secondary N) is 2. The fourth-order valence-corrected chi connectivity index (χ4v) is 5.66. The van der Waals surface area contributed by atoms with Gasteiger partial charge in [0.05, 0.1) is 24.4 Å². The zero-order valence-corrected chi connectivity index (χ0v) is 24.5. The van der Waals surface area contributed by atoms with Gasteiger partial charge in [-0.05, 0) is 50.0 Å². The molecular weight excluding hydrogens is 565 g/mol. The third-order valence-electron chi connectivity index (χ3n) is 7.26. The molecule has 1 saturated heterocycles. The second-order valence-corrected chi connectivity index (χ2v) is 10.9. The molecule has 0 amide bonds. The van der Waals surface area contributed by atoms with Gasteiger partial charge in [-0.15, -0.1) is 0 Å². The number of hydrogen-bond donors (Lipinski definition) is 2. The fourth-order valence-electron chi connectivity index (χ4n) is 5.13. The van der Waals surface area contributed by atoms with E-state index in [2.05, 4.69) is 25.3 Å². The largest absolute Gasteiger partial charge is 0.494 e. The maximum absolute atomic E-state index is 12.8. The number of carbonyl (C=O) groups excluding carboxylic acids is 1. The molecule has 2 aromatic heterocycles. The number of methoxy groups -OCH3 is 1. The van der Waals surface area contributed by atoms with Crippen LogP contribution in [0.15, 0.2) is 53.5 Å². The van der Waals surface area contributed by atoms with Crippen LogP contribution >= 0.6 is 23.2 Å². The Morgan fingerprint density at radius 2 is 1.85 bits per heavy atom. The van der Waals surface area contributed by atoms with Crippen molar-refractivity contribution in [3.63, 3.8) is 0 Å². The van der Waals surface area contributed by atoms with E-state index >= 15 is 0 Å². The Hall–Kier alpha value is -3.70. The molecule has 2 aromatic carbocycles. The summed E-state index contributed by atoms with van der Waals surface area (Å²) in [4.78, 5) is 35.5. The number of benzene rings is 2. The number of hydrogen-bond acceptors (Lipinski definition) is 9. The van der Waals surface area contributed by atoms with Gasteiger partial charge in [0, 0.05) is 65.5 Å². The lowest BCUT2D eigenvalue weighted by Crippen LogP contribution is -2.55. The van der Waals surface area contributed by atoms with Gasteiger partial charge in [0.1, 0.15) is 17.7 Å². The highest BCUT2D eigenvalue weighted by atomic mass is 35.5. The summed E-state index contributed by atoms with van der Waals surface area (Å²) in [6, 6.07) is 13.0. The van der Waals surface area contributed by atoms with E-state index < -0.39 is 0 Å². The summed E-state index contributed by atoms with van der Waals surface area (Å²) < 4.78 is 5.74. The lowest BCUT2D eigenvalue weighted by molar-refractivity contribution is -0.117. The van der Waals surface area contributed by atoms with E-state index in [-0.39, 0.29) is 11.7 Å². The van der Waals surface area contributed by atoms with E-state index in [1.54, 1.807) is 31.5 Å². The van der Waals surface area contributed by atoms with Crippen molar-refractivity contribution in [3.8, 4) is 5.75 Å². The molecular formula is C29H31Cl2N7O3. The number of anilines is 3. The van der Waals surface area contributed by atoms with Gasteiger partial charge in [0.2, 0.25) is 0 Å². The molecule has 0 saturated carbocycles. The maximum atomic E-state index is 12.8. The Bertz CT molecular complexity index is 1600. The highest BCUT2D eigenvalue weighted by molar-refractivity contribution is 6.36. The van der Waals surface area contributed by atoms with Gasteiger partial charge in [-0.1, -0.05) is 29.3 Å². The summed E-state index contributed by atoms with van der Waals surface area (Å²) in [6.45, 7) is 3.07. The summed E-state index contributed by atoms with van der Waals surface area (Å²) in [5.74, 6) is 0.969. The standard InChI is InChI=1S/C29H31Cl2N7O3/c1-36(2)26(17-39)38-11-9-37(10-12-38)20-7-8-24(25(15-20)41-3)34-28-27-18(16-32-35-29(27)40)13-19(33-28)14-21-22(30)5-4-6-23(21)31/h4-8,13,15-17,26H,9-12,14H2,1-3H3,(H,33,34)(H,35,40). The number of nitrogens with zero attached hydrogens (tertiary/aromatic N) is 5. The number of halogens is 2. The molecule has 214 valence electrons. The van der Waals surface area contributed by atoms with Gasteiger partial charge >= 0.3 is 0 Å². The fraction of sp³-hybridized carbons (Fsp3) is 0.310. The molecule has 0 radical (unpaired) electrons. The summed E-state index contributed by atoms with van der Waals surface area (Å²) in [6.07, 6.45) is 2.71. The van der Waals surface area contributed by atoms with Gasteiger partial charge in [-0.2, -0.15) is 5.10 Å². The predicted octanol–water partition coefficient (Wildman–Crippen LogP) is 4.18. The van der Waals surface area contributed by atoms with Crippen LogP contribution < -0.4 is 20.5 Å². The van der Waals surface area contributed by atoms with Crippen molar-refractivity contribution in [2.75, 3.05) is 57.6 Å². The molecule has 1 fully saturated rings. The van der Waals surface area contributed by atoms with Gasteiger partial charge in [-0.3, -0.25) is 14.6 Å². The highest BCUT2D eigenvalue weighted by Crippen LogP contribution is 2.34. The minimum atomic E-state index is -0.361. The minimum absolute atomic E-state index is 0.233. The average molecular weight is 597 g/mol. The molecule has 1 aliphatic heterocycles. The van der Waals surface area contributed by atoms with Crippen LogP contribution in [0.5, 0.6) is 5.75 Å². The zero-order valence-electron chi connectivity index (χ0n) is 23.0. The predicted molar refractivity (Wildman–Crippen MR) is 163 cm³/mol. The smallest absolute Gasteiger partial charge is 0.275 e. The Labute approximate surface area is 247 Å². The quantitative estimate of drug-likeness (QED) is 0.276. The van der Waals surface area contributed by atoms with E-state index in [1.807, 2.05) is 43.3 Å². The van der Waals surface area contributed by atoms with E-state index in [4.69, 9.17) is 32.9 Å². The number of aromatic amines is 1. The van der Waals surface area contributed by atoms with Gasteiger partial charge in [-0.25, -0.2) is 10.1 Å². The van der Waals surface area contributed by atoms with E-state index in [0.29, 0.717) is 50.2 Å². The van der Waals surface area contributed by atoms with Crippen molar-refractivity contribution in [1.82, 2.24) is 25.0 Å². The van der Waals surface area contributed by atoms with Crippen molar-refractivity contribution in [2.24, 2.45) is 0 Å². The molecule has 0 aliphatic carbocycles. The second-order valence-electron chi connectivity index (χ2n) is 10.0. The molecule has 41 heavy (non-hydrogen) atoms. The van der Waals surface area contributed by atoms with Crippen molar-refractivity contribution in [2.45, 2.75) is 12.6 Å². The van der Waals surface area contributed by atoms with Crippen LogP contribution in [-0.4, -0.2) is 84.8 Å². The van der Waals surface area contributed by atoms with E-state index in [0.717, 1.165) is 43.7 Å². The van der Waals surface area contributed by atoms with E-state index in [9.17, 15) is 9.59 Å². The third kappa shape index (κ3) is 6.15. The van der Waals surface area contributed by atoms with E-state index in [1.165, 1.54) is 0 Å². The molecule has 1 atom stereocenters. The maximum Gasteiger partial charge on any atom is 0.275 e. The highest BCUT2D eigenvalue weighted by Gasteiger charge is 2.25. The zero-order chi connectivity index (χ0) is 29.1. The summed E-state index contributed by atoms with van der Waals surface area (Å²) in [7, 11) is 5.42. The lowest BCUT2D eigenvalue weighted by Gasteiger charge is -2.40. The molecule has 1 aliphatic rings. The number of aldehydes is 1. The van der Waals surface area contributed by atoms with Gasteiger partial charge < -0.3 is 19.7 Å². The number of pyridine rings is 1. The van der Waals surface area contributed by atoms with Crippen LogP contribution in [0.25, 0.3) is 10.8 Å². The number of H-pyrrole nitrogens is 1. The Balaban J connectivity index is 1.43. The Morgan fingerprint density at radius 3 is 2.51 bits per heavy atom. The number of ether oxygens (including phenoxy) is 1. The number of carbonyl (C=O) groups is 1. The van der Waals surface area contributed by atoms with Crippen LogP contribution in [0.2, 0.25) is 10.0 Å². The van der Waals surface area contributed by atoms with Crippen LogP contribution in [0.4, 0.5) is 17.2 Å². The summed E-state index contributed by atoms with van der Waals surface area (Å²) in [5.41, 5.74) is 2.71. The van der Waals surface area contributed by atoms with Crippen LogP contribution in [-0.2, 0) is 11.2 Å². The van der Waals surface area contributed by atoms with Crippen molar-refractivity contribution in [3.05, 3.63) is 80.3 Å². The molecule has 4 aromatic rings. The molecule has 0 bridgehead atoms. The first kappa shape index (κ1) is 28.8. The molecule has 3 heterocycles. The Morgan fingerprint density at radius 1 is 1.12 bits per heavy atom. The van der Waals surface area contributed by atoms with Crippen molar-refractivity contribution < 1.29 is 9.53 Å². The topological polar surface area (TPSA) is 107 Å². The average Bonchev–Trinajstić information content (AvgIpc) is 2.96. The van der Waals surface area contributed by atoms with Gasteiger partial charge in [0.15, 0.2) is 6.29 Å². The monoisotopic (exact) mass is 595 g/mol. The van der Waals surface area contributed by atoms with Crippen LogP contribution in [0.1, 0.15) is 11.3 Å². The molecule has 2 N–H and O–H groups in total. The molecule has 0 spiro atoms. The molecule has 5 rings (SSSR count). The number of aromatic nitrogens is 3. The molecule has 10 nitrogen and oxygen atoms in total. The lowest BCUT2D eigenvalue weighted by atomic mass is 10.1. The first-order chi connectivity index (χ1) is 19.8. The van der Waals surface area contributed by atoms with Crippen molar-refractivity contribution >= 4 is 57.5 Å². The van der Waals surface area contributed by atoms with Gasteiger partial charge in [0.25, 0.3) is 5.56 Å². The number of likely N-dealkylation sites (N-methyl/N-ethyl adjacent to an activating group) is 1. The van der Waals surface area contributed by atoms with Crippen LogP contribution in [0, 0.1) is 0 Å². The summed E-state index contributed by atoms with van der Waals surface area (Å²) >= 11 is 12.8. The second kappa shape index (κ2) is 12.4. The van der Waals surface area contributed by atoms with Crippen LogP contribution in [0.3, 0.4) is 0 Å². The SMILES string of the molecule is COc1cc(N2CCN(C(C=O)N(C)C)CC2)ccc1Nc1nc(Cc2c(Cl)cccc2Cl)cc2cn[nH]c(=O)c12. The Kier molecular flexibility index (Phi) is 8.74. The normalized spacial score (nSPS) is 14.8. The summed E-state index contributed by atoms with van der Waals surface area (Å²) in [5, 5.41) is 11.9. The van der Waals surface area contributed by atoms with Crippen molar-refractivity contribution in [1.29, 1.82) is 0 Å². The number of fused-ring (bicyclic) bond motifs is 1. The molecule has 1 unspecified atom stereocenters. The number of rotatable bonds is 9. The third-order valence-corrected chi connectivity index (χ3v) is 7.97. The number of piperazine rings is 1. The molecule has 12 heteroatoms. The minimum Gasteiger partial charge on any atom is -0.494 e. The first-order valence-corrected chi connectivity index (χ1v) is 13.9. The first-order valence-electron chi connectivity index (χ1n) is 13.1.